The number of allylic oxidation sites excluding steroid dienone is 4. The fraction of sp³-hybridized carbons (Fsp3) is 0.125. The van der Waals surface area contributed by atoms with Gasteiger partial charge in [0.05, 0.1) is 11.9 Å². The number of rotatable bonds is 6. The Kier molecular flexibility index (Phi) is 5.21. The molecule has 0 aliphatic heterocycles. The third-order valence-corrected chi connectivity index (χ3v) is 7.92. The summed E-state index contributed by atoms with van der Waals surface area (Å²) in [4.78, 5) is 0. The predicted molar refractivity (Wildman–Crippen MR) is 102 cm³/mol. The van der Waals surface area contributed by atoms with E-state index >= 15 is 0 Å². The van der Waals surface area contributed by atoms with Gasteiger partial charge in [0.1, 0.15) is 0 Å². The maximum Gasteiger partial charge on any atom is 0.294 e. The van der Waals surface area contributed by atoms with Crippen LogP contribution in [0, 0.1) is 5.92 Å². The van der Waals surface area contributed by atoms with Crippen molar-refractivity contribution in [3.63, 3.8) is 0 Å². The summed E-state index contributed by atoms with van der Waals surface area (Å²) in [6.45, 7) is 0. The molecule has 28 heavy (non-hydrogen) atoms. The van der Waals surface area contributed by atoms with Crippen LogP contribution in [0.4, 0.5) is 5.82 Å². The first-order valence-corrected chi connectivity index (χ1v) is 10.7. The van der Waals surface area contributed by atoms with Crippen LogP contribution in [-0.4, -0.2) is 45.4 Å². The van der Waals surface area contributed by atoms with Gasteiger partial charge in [0, 0.05) is 5.92 Å². The SMILES string of the molecule is O=S(=O)(O)C1(S(=O)(=O)O)C(Nc2c[nH]nn2)=CC=CC1C=Cc1ccccc1. The van der Waals surface area contributed by atoms with E-state index in [0.29, 0.717) is 5.56 Å². The minimum Gasteiger partial charge on any atom is -0.338 e. The lowest BCUT2D eigenvalue weighted by Crippen LogP contribution is -2.55. The largest absolute Gasteiger partial charge is 0.338 e. The molecule has 0 amide bonds. The number of aromatic nitrogens is 3. The van der Waals surface area contributed by atoms with Gasteiger partial charge in [-0.25, -0.2) is 0 Å². The van der Waals surface area contributed by atoms with Crippen molar-refractivity contribution >= 4 is 32.1 Å². The molecule has 0 radical (unpaired) electrons. The lowest BCUT2D eigenvalue weighted by Gasteiger charge is -2.35. The monoisotopic (exact) mass is 424 g/mol. The van der Waals surface area contributed by atoms with Crippen LogP contribution in [0.1, 0.15) is 5.56 Å². The third-order valence-electron chi connectivity index (χ3n) is 4.14. The Morgan fingerprint density at radius 1 is 1.11 bits per heavy atom. The van der Waals surface area contributed by atoms with Crippen molar-refractivity contribution in [3.8, 4) is 0 Å². The van der Waals surface area contributed by atoms with Crippen LogP contribution in [0.25, 0.3) is 6.08 Å². The van der Waals surface area contributed by atoms with Gasteiger partial charge in [0.2, 0.25) is 0 Å². The molecule has 12 heteroatoms. The van der Waals surface area contributed by atoms with Gasteiger partial charge >= 0.3 is 0 Å². The number of hydrogen-bond donors (Lipinski definition) is 4. The van der Waals surface area contributed by atoms with Crippen LogP contribution in [0.15, 0.2) is 66.5 Å². The van der Waals surface area contributed by atoms with Crippen molar-refractivity contribution in [3.05, 3.63) is 72.1 Å². The van der Waals surface area contributed by atoms with Crippen LogP contribution in [0.2, 0.25) is 0 Å². The first-order chi connectivity index (χ1) is 13.2. The standard InChI is InChI=1S/C16H16N4O6S2/c21-27(22,23)16(28(24,25)26)13(10-9-12-5-2-1-3-6-12)7-4-8-14(16)18-15-11-17-20-19-15/h1-11,13H,(H,21,22,23)(H,24,25,26)(H2,17,18,19,20). The maximum absolute atomic E-state index is 12.3. The second-order valence-electron chi connectivity index (χ2n) is 5.86. The van der Waals surface area contributed by atoms with E-state index < -0.39 is 35.9 Å². The van der Waals surface area contributed by atoms with E-state index in [0.717, 1.165) is 6.08 Å². The molecule has 3 rings (SSSR count). The van der Waals surface area contributed by atoms with Gasteiger partial charge in [0.25, 0.3) is 24.3 Å². The van der Waals surface area contributed by atoms with Gasteiger partial charge in [-0.1, -0.05) is 59.8 Å². The van der Waals surface area contributed by atoms with Gasteiger partial charge < -0.3 is 5.32 Å². The summed E-state index contributed by atoms with van der Waals surface area (Å²) < 4.78 is 66.1. The predicted octanol–water partition coefficient (Wildman–Crippen LogP) is 1.47. The minimum atomic E-state index is -5.38. The van der Waals surface area contributed by atoms with E-state index in [2.05, 4.69) is 20.7 Å². The van der Waals surface area contributed by atoms with Gasteiger partial charge in [-0.2, -0.15) is 16.8 Å². The molecule has 0 saturated carbocycles. The first-order valence-electron chi connectivity index (χ1n) is 7.86. The Hall–Kier alpha value is -2.80. The number of H-pyrrole nitrogens is 1. The zero-order chi connectivity index (χ0) is 20.4. The van der Waals surface area contributed by atoms with E-state index in [1.54, 1.807) is 30.3 Å². The Bertz CT molecular complexity index is 1110. The number of benzene rings is 1. The van der Waals surface area contributed by atoms with Crippen LogP contribution < -0.4 is 5.32 Å². The zero-order valence-corrected chi connectivity index (χ0v) is 15.8. The summed E-state index contributed by atoms with van der Waals surface area (Å²) in [5, 5.41) is 11.9. The average Bonchev–Trinajstić information content (AvgIpc) is 3.12. The van der Waals surface area contributed by atoms with Gasteiger partial charge in [-0.3, -0.25) is 14.2 Å². The summed E-state index contributed by atoms with van der Waals surface area (Å²) >= 11 is 0. The summed E-state index contributed by atoms with van der Waals surface area (Å²) in [6, 6.07) is 8.70. The highest BCUT2D eigenvalue weighted by Crippen LogP contribution is 2.43. The molecule has 1 unspecified atom stereocenters. The fourth-order valence-corrected chi connectivity index (χ4v) is 5.81. The van der Waals surface area contributed by atoms with E-state index in [9.17, 15) is 25.9 Å². The van der Waals surface area contributed by atoms with Crippen molar-refractivity contribution in [1.29, 1.82) is 0 Å². The molecule has 2 aromatic rings. The van der Waals surface area contributed by atoms with Crippen molar-refractivity contribution in [2.24, 2.45) is 5.92 Å². The highest BCUT2D eigenvalue weighted by Gasteiger charge is 2.62. The maximum atomic E-state index is 12.3. The molecule has 4 N–H and O–H groups in total. The Labute approximate surface area is 161 Å². The molecule has 0 bridgehead atoms. The summed E-state index contributed by atoms with van der Waals surface area (Å²) in [5.74, 6) is -1.46. The molecule has 1 heterocycles. The molecule has 0 fully saturated rings. The third kappa shape index (κ3) is 3.49. The summed E-state index contributed by atoms with van der Waals surface area (Å²) in [7, 11) is -10.8. The quantitative estimate of drug-likeness (QED) is 0.503. The highest BCUT2D eigenvalue weighted by atomic mass is 32.3. The number of nitrogens with one attached hydrogen (secondary N) is 2. The van der Waals surface area contributed by atoms with Crippen LogP contribution in [0.3, 0.4) is 0 Å². The second-order valence-corrected chi connectivity index (χ2v) is 9.31. The van der Waals surface area contributed by atoms with Crippen LogP contribution >= 0.6 is 0 Å². The van der Waals surface area contributed by atoms with Crippen LogP contribution in [0.5, 0.6) is 0 Å². The van der Waals surface area contributed by atoms with Gasteiger partial charge in [0.15, 0.2) is 5.82 Å². The Morgan fingerprint density at radius 2 is 1.79 bits per heavy atom. The fourth-order valence-electron chi connectivity index (χ4n) is 2.95. The minimum absolute atomic E-state index is 0.0102. The number of aromatic amines is 1. The molecule has 10 nitrogen and oxygen atoms in total. The number of anilines is 1. The van der Waals surface area contributed by atoms with Crippen molar-refractivity contribution in [1.82, 2.24) is 15.4 Å². The molecule has 1 aliphatic rings. The number of hydrogen-bond acceptors (Lipinski definition) is 7. The average molecular weight is 424 g/mol. The summed E-state index contributed by atoms with van der Waals surface area (Å²) in [6.07, 6.45) is 7.76. The van der Waals surface area contributed by atoms with Crippen LogP contribution in [-0.2, 0) is 20.2 Å². The smallest absolute Gasteiger partial charge is 0.294 e. The van der Waals surface area contributed by atoms with Crippen molar-refractivity contribution < 1.29 is 25.9 Å². The molecule has 0 saturated heterocycles. The normalized spacial score (nSPS) is 19.5. The molecular weight excluding hydrogens is 408 g/mol. The Balaban J connectivity index is 2.17. The van der Waals surface area contributed by atoms with E-state index in [4.69, 9.17) is 0 Å². The van der Waals surface area contributed by atoms with E-state index in [1.807, 2.05) is 0 Å². The molecular formula is C16H16N4O6S2. The molecule has 1 aromatic carbocycles. The first kappa shape index (κ1) is 19.9. The topological polar surface area (TPSA) is 162 Å². The second kappa shape index (κ2) is 7.31. The summed E-state index contributed by atoms with van der Waals surface area (Å²) in [5.41, 5.74) is 0.160. The van der Waals surface area contributed by atoms with Gasteiger partial charge in [-0.05, 0) is 11.6 Å². The lowest BCUT2D eigenvalue weighted by molar-refractivity contribution is 0.419. The van der Waals surface area contributed by atoms with E-state index in [-0.39, 0.29) is 5.82 Å². The molecule has 1 aromatic heterocycles. The molecule has 148 valence electrons. The molecule has 0 spiro atoms. The van der Waals surface area contributed by atoms with Gasteiger partial charge in [-0.15, -0.1) is 5.10 Å². The Morgan fingerprint density at radius 3 is 2.36 bits per heavy atom. The zero-order valence-electron chi connectivity index (χ0n) is 14.2. The van der Waals surface area contributed by atoms with Crippen molar-refractivity contribution in [2.45, 2.75) is 4.08 Å². The molecule has 1 aliphatic carbocycles. The molecule has 1 atom stereocenters. The van der Waals surface area contributed by atoms with E-state index in [1.165, 1.54) is 30.5 Å². The lowest BCUT2D eigenvalue weighted by atomic mass is 9.95. The highest BCUT2D eigenvalue weighted by molar-refractivity contribution is 8.05. The number of nitrogens with zero attached hydrogens (tertiary/aromatic N) is 2. The van der Waals surface area contributed by atoms with Crippen molar-refractivity contribution in [2.75, 3.05) is 5.32 Å².